The van der Waals surface area contributed by atoms with E-state index in [1.165, 1.54) is 0 Å². The van der Waals surface area contributed by atoms with Gasteiger partial charge in [-0.2, -0.15) is 0 Å². The van der Waals surface area contributed by atoms with Crippen molar-refractivity contribution in [2.75, 3.05) is 24.6 Å². The normalized spacial score (nSPS) is 18.9. The summed E-state index contributed by atoms with van der Waals surface area (Å²) in [6.45, 7) is 0.722. The molecule has 0 atom stereocenters. The van der Waals surface area contributed by atoms with Crippen molar-refractivity contribution in [1.29, 1.82) is 0 Å². The third kappa shape index (κ3) is 3.70. The Morgan fingerprint density at radius 3 is 2.68 bits per heavy atom. The van der Waals surface area contributed by atoms with E-state index in [4.69, 9.17) is 11.6 Å². The molecule has 0 unspecified atom stereocenters. The van der Waals surface area contributed by atoms with Crippen LogP contribution < -0.4 is 0 Å². The minimum Gasteiger partial charge on any atom is -0.338 e. The number of nitrogens with zero attached hydrogens (tertiary/aromatic N) is 1. The minimum atomic E-state index is -3.01. The van der Waals surface area contributed by atoms with Crippen LogP contribution in [0.5, 0.6) is 0 Å². The number of hydrogen-bond acceptors (Lipinski definition) is 3. The van der Waals surface area contributed by atoms with Crippen molar-refractivity contribution >= 4 is 43.3 Å². The Bertz CT molecular complexity index is 603. The maximum Gasteiger partial charge on any atom is 0.253 e. The van der Waals surface area contributed by atoms with Crippen LogP contribution >= 0.6 is 27.5 Å². The summed E-state index contributed by atoms with van der Waals surface area (Å²) < 4.78 is 23.7. The highest BCUT2D eigenvalue weighted by Gasteiger charge is 2.23. The predicted octanol–water partition coefficient (Wildman–Crippen LogP) is 2.36. The fraction of sp³-hybridized carbons (Fsp3) is 0.417. The molecule has 1 saturated heterocycles. The lowest BCUT2D eigenvalue weighted by Gasteiger charge is -2.19. The first kappa shape index (κ1) is 14.8. The number of carbonyl (C=O) groups excluding carboxylic acids is 1. The minimum absolute atomic E-state index is 0.0352. The van der Waals surface area contributed by atoms with Crippen LogP contribution in [0.3, 0.4) is 0 Å². The van der Waals surface area contributed by atoms with E-state index >= 15 is 0 Å². The van der Waals surface area contributed by atoms with Crippen LogP contribution in [0.1, 0.15) is 16.8 Å². The van der Waals surface area contributed by atoms with E-state index < -0.39 is 9.84 Å². The van der Waals surface area contributed by atoms with Gasteiger partial charge in [-0.15, -0.1) is 0 Å². The largest absolute Gasteiger partial charge is 0.338 e. The highest BCUT2D eigenvalue weighted by Crippen LogP contribution is 2.24. The van der Waals surface area contributed by atoms with E-state index in [-0.39, 0.29) is 24.0 Å². The third-order valence-electron chi connectivity index (χ3n) is 3.01. The van der Waals surface area contributed by atoms with Crippen molar-refractivity contribution in [3.05, 3.63) is 33.3 Å². The summed E-state index contributed by atoms with van der Waals surface area (Å²) in [5, 5.41) is 0.537. The summed E-state index contributed by atoms with van der Waals surface area (Å²) in [4.78, 5) is 13.9. The fourth-order valence-corrected chi connectivity index (χ4v) is 3.72. The van der Waals surface area contributed by atoms with Crippen LogP contribution in [0.15, 0.2) is 22.7 Å². The zero-order valence-electron chi connectivity index (χ0n) is 10.1. The Balaban J connectivity index is 2.17. The molecule has 7 heteroatoms. The number of carbonyl (C=O) groups is 1. The molecule has 1 heterocycles. The molecule has 1 amide bonds. The average Bonchev–Trinajstić information content (AvgIpc) is 2.53. The van der Waals surface area contributed by atoms with Crippen molar-refractivity contribution in [3.63, 3.8) is 0 Å². The van der Waals surface area contributed by atoms with Gasteiger partial charge >= 0.3 is 0 Å². The summed E-state index contributed by atoms with van der Waals surface area (Å²) in [6, 6.07) is 4.95. The van der Waals surface area contributed by atoms with E-state index in [1.54, 1.807) is 23.1 Å². The molecule has 1 aromatic carbocycles. The summed E-state index contributed by atoms with van der Waals surface area (Å²) in [6.07, 6.45) is 0.489. The lowest BCUT2D eigenvalue weighted by atomic mass is 10.2. The van der Waals surface area contributed by atoms with E-state index in [9.17, 15) is 13.2 Å². The first-order valence-electron chi connectivity index (χ1n) is 5.84. The zero-order chi connectivity index (χ0) is 14.0. The van der Waals surface area contributed by atoms with E-state index in [1.807, 2.05) is 0 Å². The molecule has 0 N–H and O–H groups in total. The molecule has 1 aliphatic heterocycles. The smallest absolute Gasteiger partial charge is 0.253 e. The van der Waals surface area contributed by atoms with Gasteiger partial charge in [0, 0.05) is 23.1 Å². The van der Waals surface area contributed by atoms with Crippen molar-refractivity contribution in [1.82, 2.24) is 4.90 Å². The first-order valence-corrected chi connectivity index (χ1v) is 8.83. The van der Waals surface area contributed by atoms with Crippen LogP contribution in [-0.4, -0.2) is 43.8 Å². The van der Waals surface area contributed by atoms with Crippen molar-refractivity contribution in [3.8, 4) is 0 Å². The molecule has 0 aromatic heterocycles. The molecule has 0 bridgehead atoms. The van der Waals surface area contributed by atoms with Crippen LogP contribution in [0, 0.1) is 0 Å². The molecule has 2 rings (SSSR count). The molecule has 4 nitrogen and oxygen atoms in total. The van der Waals surface area contributed by atoms with Gasteiger partial charge in [0.05, 0.1) is 16.5 Å². The number of benzene rings is 1. The van der Waals surface area contributed by atoms with Gasteiger partial charge in [0.25, 0.3) is 5.91 Å². The predicted molar refractivity (Wildman–Crippen MR) is 78.3 cm³/mol. The molecule has 1 aromatic rings. The molecule has 0 radical (unpaired) electrons. The van der Waals surface area contributed by atoms with Gasteiger partial charge in [-0.3, -0.25) is 4.79 Å². The molecule has 0 spiro atoms. The molecule has 19 heavy (non-hydrogen) atoms. The third-order valence-corrected chi connectivity index (χ3v) is 5.94. The highest BCUT2D eigenvalue weighted by molar-refractivity contribution is 9.10. The second-order valence-corrected chi connectivity index (χ2v) is 7.99. The molecule has 0 aliphatic carbocycles. The Kier molecular flexibility index (Phi) is 4.53. The zero-order valence-corrected chi connectivity index (χ0v) is 13.3. The maximum atomic E-state index is 12.3. The van der Waals surface area contributed by atoms with Gasteiger partial charge in [0.2, 0.25) is 0 Å². The number of sulfone groups is 1. The topological polar surface area (TPSA) is 54.5 Å². The van der Waals surface area contributed by atoms with Crippen LogP contribution in [0.25, 0.3) is 0 Å². The number of amides is 1. The van der Waals surface area contributed by atoms with Gasteiger partial charge < -0.3 is 4.90 Å². The molecule has 1 aliphatic rings. The second kappa shape index (κ2) is 5.81. The van der Waals surface area contributed by atoms with Crippen molar-refractivity contribution < 1.29 is 13.2 Å². The standard InChI is InChI=1S/C12H13BrClNO3S/c13-10-8-9(2-3-11(10)14)12(16)15-4-1-6-19(17,18)7-5-15/h2-3,8H,1,4-7H2. The Morgan fingerprint density at radius 2 is 2.00 bits per heavy atom. The molecule has 0 saturated carbocycles. The van der Waals surface area contributed by atoms with Crippen molar-refractivity contribution in [2.24, 2.45) is 0 Å². The lowest BCUT2D eigenvalue weighted by molar-refractivity contribution is 0.0768. The highest BCUT2D eigenvalue weighted by atomic mass is 79.9. The maximum absolute atomic E-state index is 12.3. The summed E-state index contributed by atoms with van der Waals surface area (Å²) in [5.41, 5.74) is 0.510. The van der Waals surface area contributed by atoms with Gasteiger partial charge in [-0.25, -0.2) is 8.42 Å². The number of hydrogen-bond donors (Lipinski definition) is 0. The molecule has 104 valence electrons. The van der Waals surface area contributed by atoms with Crippen LogP contribution in [0.2, 0.25) is 5.02 Å². The molecular weight excluding hydrogens is 354 g/mol. The van der Waals surface area contributed by atoms with E-state index in [0.29, 0.717) is 28.0 Å². The molecular formula is C12H13BrClNO3S. The second-order valence-electron chi connectivity index (χ2n) is 4.43. The fourth-order valence-electron chi connectivity index (χ4n) is 1.95. The lowest BCUT2D eigenvalue weighted by Crippen LogP contribution is -2.33. The van der Waals surface area contributed by atoms with Gasteiger partial charge in [0.1, 0.15) is 0 Å². The first-order chi connectivity index (χ1) is 8.89. The van der Waals surface area contributed by atoms with E-state index in [0.717, 1.165) is 0 Å². The molecule has 1 fully saturated rings. The van der Waals surface area contributed by atoms with E-state index in [2.05, 4.69) is 15.9 Å². The summed E-state index contributed by atoms with van der Waals surface area (Å²) in [5.74, 6) is 0.0312. The average molecular weight is 367 g/mol. The SMILES string of the molecule is O=C(c1ccc(Cl)c(Br)c1)N1CCCS(=O)(=O)CC1. The van der Waals surface area contributed by atoms with Gasteiger partial charge in [-0.05, 0) is 40.5 Å². The van der Waals surface area contributed by atoms with Crippen molar-refractivity contribution in [2.45, 2.75) is 6.42 Å². The van der Waals surface area contributed by atoms with Crippen LogP contribution in [0.4, 0.5) is 0 Å². The quantitative estimate of drug-likeness (QED) is 0.767. The monoisotopic (exact) mass is 365 g/mol. The number of halogens is 2. The summed E-state index contributed by atoms with van der Waals surface area (Å²) in [7, 11) is -3.01. The number of rotatable bonds is 1. The Morgan fingerprint density at radius 1 is 1.26 bits per heavy atom. The van der Waals surface area contributed by atoms with Gasteiger partial charge in [-0.1, -0.05) is 11.6 Å². The Labute approximate surface area is 125 Å². The Hall–Kier alpha value is -0.590. The van der Waals surface area contributed by atoms with Crippen LogP contribution in [-0.2, 0) is 9.84 Å². The summed E-state index contributed by atoms with van der Waals surface area (Å²) >= 11 is 9.16. The van der Waals surface area contributed by atoms with Gasteiger partial charge in [0.15, 0.2) is 9.84 Å².